The quantitative estimate of drug-likeness (QED) is 0.324. The molecule has 0 aliphatic carbocycles. The fourth-order valence-electron chi connectivity index (χ4n) is 3.82. The third kappa shape index (κ3) is 7.77. The number of likely N-dealkylation sites (tertiary alicyclic amines) is 1. The lowest BCUT2D eigenvalue weighted by Crippen LogP contribution is -2.67. The lowest BCUT2D eigenvalue weighted by atomic mass is 10.0. The van der Waals surface area contributed by atoms with Crippen molar-refractivity contribution in [3.8, 4) is 0 Å². The van der Waals surface area contributed by atoms with E-state index >= 15 is 0 Å². The monoisotopic (exact) mass is 478 g/mol. The van der Waals surface area contributed by atoms with E-state index in [9.17, 15) is 19.2 Å². The average molecular weight is 479 g/mol. The van der Waals surface area contributed by atoms with Gasteiger partial charge in [-0.2, -0.15) is 0 Å². The van der Waals surface area contributed by atoms with Crippen LogP contribution in [0, 0.1) is 0 Å². The largest absolute Gasteiger partial charge is 0.458 e. The topological polar surface area (TPSA) is 118 Å². The lowest BCUT2D eigenvalue weighted by Gasteiger charge is -2.35. The third-order valence-electron chi connectivity index (χ3n) is 5.55. The first-order valence-electron chi connectivity index (χ1n) is 11.6. The van der Waals surface area contributed by atoms with Crippen LogP contribution in [0.2, 0.25) is 0 Å². The summed E-state index contributed by atoms with van der Waals surface area (Å²) in [7, 11) is 0. The van der Waals surface area contributed by atoms with Gasteiger partial charge in [-0.05, 0) is 48.6 Å². The van der Waals surface area contributed by atoms with Crippen molar-refractivity contribution in [1.82, 2.24) is 20.5 Å². The number of nitrogens with one attached hydrogen (secondary N) is 2. The van der Waals surface area contributed by atoms with Crippen molar-refractivity contribution in [2.75, 3.05) is 13.1 Å². The molecular weight excluding hydrogens is 448 g/mol. The number of hydrogen-bond donors (Lipinski definition) is 2. The van der Waals surface area contributed by atoms with Gasteiger partial charge in [0.15, 0.2) is 0 Å². The molecule has 184 valence electrons. The molecule has 0 bridgehead atoms. The first-order valence-corrected chi connectivity index (χ1v) is 11.6. The van der Waals surface area contributed by atoms with Crippen LogP contribution in [-0.2, 0) is 30.5 Å². The van der Waals surface area contributed by atoms with E-state index in [0.717, 1.165) is 30.4 Å². The van der Waals surface area contributed by atoms with Crippen LogP contribution in [0.1, 0.15) is 43.7 Å². The van der Waals surface area contributed by atoms with Crippen LogP contribution in [0.25, 0.3) is 6.08 Å². The number of pyridine rings is 1. The maximum atomic E-state index is 13.3. The Morgan fingerprint density at radius 2 is 1.69 bits per heavy atom. The molecule has 0 spiro atoms. The highest BCUT2D eigenvalue weighted by molar-refractivity contribution is 5.99. The molecule has 1 aliphatic heterocycles. The SMILES string of the molecule is CC(=O)NC(CC(=O)N1CCCCC1)(NC(=O)C=Cc1ccncc1)C(=O)OCc1ccccc1. The molecule has 1 aliphatic rings. The number of carbonyl (C=O) groups is 4. The van der Waals surface area contributed by atoms with Gasteiger partial charge in [-0.1, -0.05) is 30.3 Å². The summed E-state index contributed by atoms with van der Waals surface area (Å²) in [5.41, 5.74) is -0.616. The van der Waals surface area contributed by atoms with Crippen LogP contribution in [-0.4, -0.2) is 52.3 Å². The molecule has 2 N–H and O–H groups in total. The van der Waals surface area contributed by atoms with E-state index in [4.69, 9.17) is 4.74 Å². The highest BCUT2D eigenvalue weighted by Crippen LogP contribution is 2.18. The molecule has 0 radical (unpaired) electrons. The highest BCUT2D eigenvalue weighted by atomic mass is 16.5. The Labute approximate surface area is 204 Å². The van der Waals surface area contributed by atoms with E-state index in [1.54, 1.807) is 53.7 Å². The fourth-order valence-corrected chi connectivity index (χ4v) is 3.82. The Morgan fingerprint density at radius 3 is 2.34 bits per heavy atom. The minimum Gasteiger partial charge on any atom is -0.458 e. The number of nitrogens with zero attached hydrogens (tertiary/aromatic N) is 2. The summed E-state index contributed by atoms with van der Waals surface area (Å²) in [5.74, 6) is -2.54. The molecule has 1 atom stereocenters. The van der Waals surface area contributed by atoms with Gasteiger partial charge < -0.3 is 20.3 Å². The van der Waals surface area contributed by atoms with Crippen LogP contribution >= 0.6 is 0 Å². The van der Waals surface area contributed by atoms with Crippen molar-refractivity contribution in [3.63, 3.8) is 0 Å². The van der Waals surface area contributed by atoms with E-state index < -0.39 is 29.9 Å². The van der Waals surface area contributed by atoms with Crippen molar-refractivity contribution in [1.29, 1.82) is 0 Å². The number of hydrogen-bond acceptors (Lipinski definition) is 6. The van der Waals surface area contributed by atoms with Crippen LogP contribution in [0.4, 0.5) is 0 Å². The van der Waals surface area contributed by atoms with Gasteiger partial charge in [0.05, 0.1) is 6.42 Å². The molecular formula is C26H30N4O5. The third-order valence-corrected chi connectivity index (χ3v) is 5.55. The zero-order valence-electron chi connectivity index (χ0n) is 19.7. The average Bonchev–Trinajstić information content (AvgIpc) is 2.87. The van der Waals surface area contributed by atoms with E-state index in [0.29, 0.717) is 13.1 Å². The number of rotatable bonds is 9. The number of benzene rings is 1. The second-order valence-corrected chi connectivity index (χ2v) is 8.37. The fraction of sp³-hybridized carbons (Fsp3) is 0.346. The molecule has 3 rings (SSSR count). The smallest absolute Gasteiger partial charge is 0.353 e. The Morgan fingerprint density at radius 1 is 1.00 bits per heavy atom. The number of esters is 1. The molecule has 35 heavy (non-hydrogen) atoms. The minimum absolute atomic E-state index is 0.0817. The van der Waals surface area contributed by atoms with Gasteiger partial charge in [-0.15, -0.1) is 0 Å². The van der Waals surface area contributed by atoms with Crippen LogP contribution in [0.3, 0.4) is 0 Å². The number of aromatic nitrogens is 1. The van der Waals surface area contributed by atoms with Crippen molar-refractivity contribution < 1.29 is 23.9 Å². The predicted octanol–water partition coefficient (Wildman–Crippen LogP) is 2.19. The van der Waals surface area contributed by atoms with Crippen LogP contribution in [0.15, 0.2) is 60.9 Å². The standard InChI is InChI=1S/C26H30N4O5/c1-20(31)28-26(18-24(33)30-16-6-3-7-17-30,25(34)35-19-22-8-4-2-5-9-22)29-23(32)11-10-21-12-14-27-15-13-21/h2,4-5,8-15H,3,6-7,16-19H2,1H3,(H,28,31)(H,29,32). The maximum Gasteiger partial charge on any atom is 0.353 e. The van der Waals surface area contributed by atoms with Crippen molar-refractivity contribution in [2.45, 2.75) is 44.9 Å². The van der Waals surface area contributed by atoms with E-state index in [2.05, 4.69) is 15.6 Å². The zero-order valence-corrected chi connectivity index (χ0v) is 19.7. The number of piperidine rings is 1. The molecule has 0 saturated carbocycles. The van der Waals surface area contributed by atoms with Crippen LogP contribution < -0.4 is 10.6 Å². The molecule has 9 heteroatoms. The number of carbonyl (C=O) groups excluding carboxylic acids is 4. The maximum absolute atomic E-state index is 13.3. The molecule has 1 fully saturated rings. The Hall–Kier alpha value is -4.01. The molecule has 1 aromatic heterocycles. The van der Waals surface area contributed by atoms with Gasteiger partial charge in [0.2, 0.25) is 23.4 Å². The normalized spacial score (nSPS) is 15.2. The van der Waals surface area contributed by atoms with Crippen molar-refractivity contribution in [2.24, 2.45) is 0 Å². The molecule has 2 aromatic rings. The lowest BCUT2D eigenvalue weighted by molar-refractivity contribution is -0.161. The summed E-state index contributed by atoms with van der Waals surface area (Å²) < 4.78 is 5.47. The zero-order chi connectivity index (χ0) is 25.1. The Kier molecular flexibility index (Phi) is 9.11. The van der Waals surface area contributed by atoms with Gasteiger partial charge >= 0.3 is 5.97 Å². The molecule has 1 unspecified atom stereocenters. The van der Waals surface area contributed by atoms with E-state index in [1.807, 2.05) is 6.07 Å². The second-order valence-electron chi connectivity index (χ2n) is 8.37. The van der Waals surface area contributed by atoms with Gasteiger partial charge in [0.1, 0.15) is 6.61 Å². The highest BCUT2D eigenvalue weighted by Gasteiger charge is 2.45. The minimum atomic E-state index is -2.06. The predicted molar refractivity (Wildman–Crippen MR) is 129 cm³/mol. The molecule has 9 nitrogen and oxygen atoms in total. The summed E-state index contributed by atoms with van der Waals surface area (Å²) >= 11 is 0. The molecule has 1 aromatic carbocycles. The molecule has 1 saturated heterocycles. The first kappa shape index (κ1) is 25.6. The van der Waals surface area contributed by atoms with Crippen LogP contribution in [0.5, 0.6) is 0 Å². The summed E-state index contributed by atoms with van der Waals surface area (Å²) in [4.78, 5) is 57.0. The van der Waals surface area contributed by atoms with E-state index in [1.165, 1.54) is 19.1 Å². The van der Waals surface area contributed by atoms with Crippen molar-refractivity contribution >= 4 is 29.8 Å². The summed E-state index contributed by atoms with van der Waals surface area (Å²) in [6, 6.07) is 12.4. The van der Waals surface area contributed by atoms with Crippen molar-refractivity contribution in [3.05, 3.63) is 72.1 Å². The molecule has 3 amide bonds. The first-order chi connectivity index (χ1) is 16.9. The summed E-state index contributed by atoms with van der Waals surface area (Å²) in [5, 5.41) is 5.03. The summed E-state index contributed by atoms with van der Waals surface area (Å²) in [6.07, 6.45) is 8.20. The van der Waals surface area contributed by atoms with Gasteiger partial charge in [0.25, 0.3) is 0 Å². The second kappa shape index (κ2) is 12.5. The number of ether oxygens (including phenoxy) is 1. The molecule has 2 heterocycles. The van der Waals surface area contributed by atoms with Gasteiger partial charge in [-0.25, -0.2) is 4.79 Å². The van der Waals surface area contributed by atoms with Gasteiger partial charge in [0, 0.05) is 38.5 Å². The summed E-state index contributed by atoms with van der Waals surface area (Å²) in [6.45, 7) is 2.25. The van der Waals surface area contributed by atoms with E-state index in [-0.39, 0.29) is 12.5 Å². The van der Waals surface area contributed by atoms with Gasteiger partial charge in [-0.3, -0.25) is 19.4 Å². The Bertz CT molecular complexity index is 1050. The number of amides is 3. The Balaban J connectivity index is 1.85.